The molecule has 0 unspecified atom stereocenters. The number of likely N-dealkylation sites (N-methyl/N-ethyl adjacent to an activating group) is 1. The predicted molar refractivity (Wildman–Crippen MR) is 47.1 cm³/mol. The van der Waals surface area contributed by atoms with Crippen LogP contribution in [0.5, 0.6) is 0 Å². The van der Waals surface area contributed by atoms with Gasteiger partial charge in [0.1, 0.15) is 5.54 Å². The topological polar surface area (TPSA) is 49.3 Å². The van der Waals surface area contributed by atoms with Crippen molar-refractivity contribution in [3.05, 3.63) is 0 Å². The molecule has 70 valence electrons. The van der Waals surface area contributed by atoms with Gasteiger partial charge in [0.25, 0.3) is 0 Å². The summed E-state index contributed by atoms with van der Waals surface area (Å²) in [5, 5.41) is 12.0. The maximum atomic E-state index is 11.0. The Kier molecular flexibility index (Phi) is 3.09. The second-order valence-corrected chi connectivity index (χ2v) is 3.55. The van der Waals surface area contributed by atoms with Crippen LogP contribution in [0, 0.1) is 0 Å². The molecule has 0 aromatic heterocycles. The largest absolute Gasteiger partial charge is 0.480 e. The minimum atomic E-state index is -0.688. The number of carbonyl (C=O) groups is 1. The second kappa shape index (κ2) is 3.90. The molecule has 0 spiro atoms. The standard InChI is InChI=1S/C9H17NO2/c1-10-9(8(11)12)6-4-2-3-5-7-9/h10H,2-7H2,1H3,(H,11,12). The van der Waals surface area contributed by atoms with Crippen molar-refractivity contribution in [2.24, 2.45) is 0 Å². The average Bonchev–Trinajstić information content (AvgIpc) is 2.29. The fourth-order valence-corrected chi connectivity index (χ4v) is 1.90. The molecule has 1 saturated carbocycles. The summed E-state index contributed by atoms with van der Waals surface area (Å²) in [5.41, 5.74) is -0.628. The molecule has 1 rings (SSSR count). The molecule has 0 radical (unpaired) electrons. The lowest BCUT2D eigenvalue weighted by atomic mass is 9.91. The molecule has 0 bridgehead atoms. The van der Waals surface area contributed by atoms with Crippen LogP contribution in [0.2, 0.25) is 0 Å². The summed E-state index contributed by atoms with van der Waals surface area (Å²) in [7, 11) is 1.75. The molecule has 3 nitrogen and oxygen atoms in total. The molecule has 0 atom stereocenters. The quantitative estimate of drug-likeness (QED) is 0.617. The zero-order valence-electron chi connectivity index (χ0n) is 7.60. The minimum absolute atomic E-state index is 0.628. The van der Waals surface area contributed by atoms with Crippen LogP contribution in [0.4, 0.5) is 0 Å². The molecule has 1 fully saturated rings. The lowest BCUT2D eigenvalue weighted by molar-refractivity contribution is -0.145. The van der Waals surface area contributed by atoms with Crippen molar-refractivity contribution in [3.63, 3.8) is 0 Å². The zero-order valence-corrected chi connectivity index (χ0v) is 7.60. The summed E-state index contributed by atoms with van der Waals surface area (Å²) in [6.07, 6.45) is 5.98. The van der Waals surface area contributed by atoms with Gasteiger partial charge in [-0.3, -0.25) is 4.79 Å². The third-order valence-electron chi connectivity index (χ3n) is 2.85. The van der Waals surface area contributed by atoms with Gasteiger partial charge in [-0.15, -0.1) is 0 Å². The molecule has 0 aromatic carbocycles. The van der Waals surface area contributed by atoms with Crippen LogP contribution in [0.3, 0.4) is 0 Å². The number of carboxylic acid groups (broad SMARTS) is 1. The monoisotopic (exact) mass is 171 g/mol. The van der Waals surface area contributed by atoms with Crippen molar-refractivity contribution in [1.82, 2.24) is 5.32 Å². The van der Waals surface area contributed by atoms with Gasteiger partial charge in [0, 0.05) is 0 Å². The molecular formula is C9H17NO2. The Morgan fingerprint density at radius 3 is 2.08 bits per heavy atom. The highest BCUT2D eigenvalue weighted by Crippen LogP contribution is 2.26. The molecular weight excluding hydrogens is 154 g/mol. The van der Waals surface area contributed by atoms with Crippen LogP contribution in [-0.4, -0.2) is 23.7 Å². The van der Waals surface area contributed by atoms with Crippen molar-refractivity contribution in [2.45, 2.75) is 44.1 Å². The van der Waals surface area contributed by atoms with Gasteiger partial charge in [-0.1, -0.05) is 25.7 Å². The second-order valence-electron chi connectivity index (χ2n) is 3.55. The van der Waals surface area contributed by atoms with E-state index in [0.29, 0.717) is 0 Å². The number of aliphatic carboxylic acids is 1. The lowest BCUT2D eigenvalue weighted by Gasteiger charge is -2.27. The van der Waals surface area contributed by atoms with Crippen molar-refractivity contribution in [1.29, 1.82) is 0 Å². The van der Waals surface area contributed by atoms with Gasteiger partial charge in [0.05, 0.1) is 0 Å². The highest BCUT2D eigenvalue weighted by atomic mass is 16.4. The summed E-state index contributed by atoms with van der Waals surface area (Å²) >= 11 is 0. The van der Waals surface area contributed by atoms with Crippen LogP contribution in [0.15, 0.2) is 0 Å². The van der Waals surface area contributed by atoms with E-state index >= 15 is 0 Å². The Balaban J connectivity index is 2.68. The van der Waals surface area contributed by atoms with E-state index in [2.05, 4.69) is 5.32 Å². The maximum absolute atomic E-state index is 11.0. The number of carboxylic acids is 1. The maximum Gasteiger partial charge on any atom is 0.323 e. The van der Waals surface area contributed by atoms with Gasteiger partial charge in [-0.25, -0.2) is 0 Å². The first-order valence-corrected chi connectivity index (χ1v) is 4.63. The van der Waals surface area contributed by atoms with Gasteiger partial charge < -0.3 is 10.4 Å². The van der Waals surface area contributed by atoms with E-state index in [4.69, 9.17) is 5.11 Å². The van der Waals surface area contributed by atoms with Crippen molar-refractivity contribution in [3.8, 4) is 0 Å². The van der Waals surface area contributed by atoms with Crippen LogP contribution in [0.25, 0.3) is 0 Å². The summed E-state index contributed by atoms with van der Waals surface area (Å²) in [4.78, 5) is 11.0. The van der Waals surface area contributed by atoms with E-state index in [9.17, 15) is 4.79 Å². The SMILES string of the molecule is CNC1(C(=O)O)CCCCCC1. The molecule has 0 heterocycles. The zero-order chi connectivity index (χ0) is 9.03. The van der Waals surface area contributed by atoms with Gasteiger partial charge >= 0.3 is 5.97 Å². The summed E-state index contributed by atoms with van der Waals surface area (Å²) in [6, 6.07) is 0. The van der Waals surface area contributed by atoms with E-state index in [0.717, 1.165) is 25.7 Å². The normalized spacial score (nSPS) is 23.1. The van der Waals surface area contributed by atoms with Crippen LogP contribution < -0.4 is 5.32 Å². The highest BCUT2D eigenvalue weighted by Gasteiger charge is 2.36. The molecule has 1 aliphatic rings. The minimum Gasteiger partial charge on any atom is -0.480 e. The van der Waals surface area contributed by atoms with E-state index < -0.39 is 11.5 Å². The molecule has 0 saturated heterocycles. The Labute approximate surface area is 73.2 Å². The van der Waals surface area contributed by atoms with Crippen molar-refractivity contribution in [2.75, 3.05) is 7.05 Å². The summed E-state index contributed by atoms with van der Waals surface area (Å²) in [5.74, 6) is -0.688. The van der Waals surface area contributed by atoms with Gasteiger partial charge in [0.2, 0.25) is 0 Å². The molecule has 12 heavy (non-hydrogen) atoms. The Morgan fingerprint density at radius 1 is 1.25 bits per heavy atom. The first-order chi connectivity index (χ1) is 5.71. The summed E-state index contributed by atoms with van der Waals surface area (Å²) < 4.78 is 0. The number of nitrogens with one attached hydrogen (secondary N) is 1. The molecule has 0 aromatic rings. The van der Waals surface area contributed by atoms with E-state index in [1.165, 1.54) is 12.8 Å². The first kappa shape index (κ1) is 9.52. The summed E-state index contributed by atoms with van der Waals surface area (Å²) in [6.45, 7) is 0. The highest BCUT2D eigenvalue weighted by molar-refractivity contribution is 5.78. The van der Waals surface area contributed by atoms with Gasteiger partial charge in [-0.05, 0) is 19.9 Å². The fraction of sp³-hybridized carbons (Fsp3) is 0.889. The molecule has 0 amide bonds. The van der Waals surface area contributed by atoms with Crippen LogP contribution >= 0.6 is 0 Å². The van der Waals surface area contributed by atoms with E-state index in [-0.39, 0.29) is 0 Å². The average molecular weight is 171 g/mol. The number of rotatable bonds is 2. The fourth-order valence-electron chi connectivity index (χ4n) is 1.90. The van der Waals surface area contributed by atoms with Crippen molar-refractivity contribution >= 4 is 5.97 Å². The third-order valence-corrected chi connectivity index (χ3v) is 2.85. The van der Waals surface area contributed by atoms with Crippen LogP contribution in [0.1, 0.15) is 38.5 Å². The van der Waals surface area contributed by atoms with Gasteiger partial charge in [0.15, 0.2) is 0 Å². The Bertz CT molecular complexity index is 160. The smallest absolute Gasteiger partial charge is 0.323 e. The molecule has 1 aliphatic carbocycles. The third kappa shape index (κ3) is 1.78. The van der Waals surface area contributed by atoms with E-state index in [1.807, 2.05) is 0 Å². The number of hydrogen-bond donors (Lipinski definition) is 2. The number of hydrogen-bond acceptors (Lipinski definition) is 2. The Morgan fingerprint density at radius 2 is 1.75 bits per heavy atom. The molecule has 2 N–H and O–H groups in total. The van der Waals surface area contributed by atoms with Crippen molar-refractivity contribution < 1.29 is 9.90 Å². The molecule has 0 aliphatic heterocycles. The van der Waals surface area contributed by atoms with Crippen LogP contribution in [-0.2, 0) is 4.79 Å². The Hall–Kier alpha value is -0.570. The first-order valence-electron chi connectivity index (χ1n) is 4.63. The molecule has 3 heteroatoms. The predicted octanol–water partition coefficient (Wildman–Crippen LogP) is 1.38. The van der Waals surface area contributed by atoms with Gasteiger partial charge in [-0.2, -0.15) is 0 Å². The van der Waals surface area contributed by atoms with E-state index in [1.54, 1.807) is 7.05 Å². The lowest BCUT2D eigenvalue weighted by Crippen LogP contribution is -2.49.